The molecule has 0 atom stereocenters. The van der Waals surface area contributed by atoms with Crippen molar-refractivity contribution in [3.8, 4) is 5.75 Å². The molecule has 1 aliphatic rings. The molecule has 1 fully saturated rings. The first-order valence-corrected chi connectivity index (χ1v) is 7.99. The number of alkyl halides is 3. The Bertz CT molecular complexity index is 752. The summed E-state index contributed by atoms with van der Waals surface area (Å²) in [5.74, 6) is 0.456. The molecule has 1 aliphatic carbocycles. The second-order valence-electron chi connectivity index (χ2n) is 6.09. The Hall–Kier alpha value is -2.50. The summed E-state index contributed by atoms with van der Waals surface area (Å²) in [6, 6.07) is 12.0. The molecule has 1 amide bonds. The molecule has 0 radical (unpaired) electrons. The predicted molar refractivity (Wildman–Crippen MR) is 87.3 cm³/mol. The maximum Gasteiger partial charge on any atom is 0.416 e. The zero-order valence-corrected chi connectivity index (χ0v) is 13.7. The third-order valence-electron chi connectivity index (χ3n) is 4.20. The van der Waals surface area contributed by atoms with Crippen LogP contribution in [0, 0.1) is 0 Å². The number of rotatable bonds is 5. The van der Waals surface area contributed by atoms with Crippen LogP contribution in [0.4, 0.5) is 13.2 Å². The predicted octanol–water partition coefficient (Wildman–Crippen LogP) is 4.52. The summed E-state index contributed by atoms with van der Waals surface area (Å²) in [7, 11) is 1.53. The number of carbonyl (C=O) groups excluding carboxylic acids is 1. The molecule has 1 saturated carbocycles. The molecule has 0 unspecified atom stereocenters. The Kier molecular flexibility index (Phi) is 4.70. The molecule has 2 aromatic rings. The lowest BCUT2D eigenvalue weighted by Crippen LogP contribution is -2.32. The number of methoxy groups -OCH3 is 1. The van der Waals surface area contributed by atoms with E-state index in [4.69, 9.17) is 4.74 Å². The summed E-state index contributed by atoms with van der Waals surface area (Å²) >= 11 is 0. The van der Waals surface area contributed by atoms with Gasteiger partial charge in [-0.05, 0) is 48.7 Å². The first kappa shape index (κ1) is 17.3. The molecule has 0 aliphatic heterocycles. The number of benzene rings is 2. The van der Waals surface area contributed by atoms with Gasteiger partial charge in [-0.15, -0.1) is 0 Å². The van der Waals surface area contributed by atoms with Crippen molar-refractivity contribution in [1.29, 1.82) is 0 Å². The minimum absolute atomic E-state index is 0.138. The van der Waals surface area contributed by atoms with E-state index in [1.54, 1.807) is 29.2 Å². The first-order valence-electron chi connectivity index (χ1n) is 7.99. The molecular formula is C19H18F3NO2. The van der Waals surface area contributed by atoms with Gasteiger partial charge in [-0.3, -0.25) is 4.79 Å². The summed E-state index contributed by atoms with van der Waals surface area (Å²) in [5, 5.41) is 0. The normalized spacial score (nSPS) is 14.2. The Balaban J connectivity index is 1.78. The van der Waals surface area contributed by atoms with E-state index in [2.05, 4.69) is 0 Å². The topological polar surface area (TPSA) is 29.5 Å². The summed E-state index contributed by atoms with van der Waals surface area (Å²) in [6.07, 6.45) is -2.53. The van der Waals surface area contributed by atoms with Crippen LogP contribution in [0.25, 0.3) is 0 Å². The van der Waals surface area contributed by atoms with Crippen molar-refractivity contribution in [2.24, 2.45) is 0 Å². The van der Waals surface area contributed by atoms with Crippen LogP contribution in [0.1, 0.15) is 34.3 Å². The van der Waals surface area contributed by atoms with Crippen LogP contribution in [0.5, 0.6) is 5.75 Å². The Morgan fingerprint density at radius 3 is 2.40 bits per heavy atom. The van der Waals surface area contributed by atoms with Gasteiger partial charge >= 0.3 is 6.18 Å². The zero-order chi connectivity index (χ0) is 18.0. The van der Waals surface area contributed by atoms with Crippen molar-refractivity contribution < 1.29 is 22.7 Å². The van der Waals surface area contributed by atoms with Crippen molar-refractivity contribution in [3.63, 3.8) is 0 Å². The van der Waals surface area contributed by atoms with E-state index in [1.165, 1.54) is 19.2 Å². The average molecular weight is 349 g/mol. The Morgan fingerprint density at radius 1 is 1.16 bits per heavy atom. The fraction of sp³-hybridized carbons (Fsp3) is 0.316. The molecular weight excluding hydrogens is 331 g/mol. The molecule has 0 bridgehead atoms. The van der Waals surface area contributed by atoms with Crippen LogP contribution in [-0.2, 0) is 12.7 Å². The van der Waals surface area contributed by atoms with Crippen molar-refractivity contribution in [3.05, 3.63) is 65.2 Å². The highest BCUT2D eigenvalue weighted by atomic mass is 19.4. The smallest absolute Gasteiger partial charge is 0.416 e. The Labute approximate surface area is 144 Å². The number of carbonyl (C=O) groups is 1. The van der Waals surface area contributed by atoms with Gasteiger partial charge in [0.1, 0.15) is 5.75 Å². The van der Waals surface area contributed by atoms with Gasteiger partial charge in [-0.25, -0.2) is 0 Å². The van der Waals surface area contributed by atoms with Crippen LogP contribution in [0.3, 0.4) is 0 Å². The first-order chi connectivity index (χ1) is 11.9. The van der Waals surface area contributed by atoms with Crippen LogP contribution in [-0.4, -0.2) is 24.0 Å². The molecule has 25 heavy (non-hydrogen) atoms. The second-order valence-corrected chi connectivity index (χ2v) is 6.09. The molecule has 0 N–H and O–H groups in total. The van der Waals surface area contributed by atoms with E-state index < -0.39 is 11.7 Å². The molecule has 0 saturated heterocycles. The number of hydrogen-bond donors (Lipinski definition) is 0. The summed E-state index contributed by atoms with van der Waals surface area (Å²) in [6.45, 7) is 0.291. The van der Waals surface area contributed by atoms with E-state index in [9.17, 15) is 18.0 Å². The molecule has 0 heterocycles. The van der Waals surface area contributed by atoms with Gasteiger partial charge in [0.25, 0.3) is 5.91 Å². The number of amides is 1. The van der Waals surface area contributed by atoms with Crippen molar-refractivity contribution in [1.82, 2.24) is 4.90 Å². The number of hydrogen-bond acceptors (Lipinski definition) is 2. The Morgan fingerprint density at radius 2 is 1.84 bits per heavy atom. The van der Waals surface area contributed by atoms with E-state index in [1.807, 2.05) is 0 Å². The van der Waals surface area contributed by atoms with Gasteiger partial charge in [0, 0.05) is 18.2 Å². The average Bonchev–Trinajstić information content (AvgIpc) is 3.43. The van der Waals surface area contributed by atoms with Gasteiger partial charge in [0.15, 0.2) is 0 Å². The highest BCUT2D eigenvalue weighted by Gasteiger charge is 2.34. The van der Waals surface area contributed by atoms with Gasteiger partial charge in [0.05, 0.1) is 12.7 Å². The van der Waals surface area contributed by atoms with Crippen LogP contribution >= 0.6 is 0 Å². The summed E-state index contributed by atoms with van der Waals surface area (Å²) in [4.78, 5) is 14.5. The van der Waals surface area contributed by atoms with Crippen LogP contribution < -0.4 is 4.74 Å². The van der Waals surface area contributed by atoms with Gasteiger partial charge in [-0.2, -0.15) is 13.2 Å². The summed E-state index contributed by atoms with van der Waals surface area (Å²) < 4.78 is 43.1. The molecule has 3 nitrogen and oxygen atoms in total. The molecule has 2 aromatic carbocycles. The van der Waals surface area contributed by atoms with E-state index in [0.717, 1.165) is 25.0 Å². The van der Waals surface area contributed by atoms with Crippen LogP contribution in [0.15, 0.2) is 48.5 Å². The van der Waals surface area contributed by atoms with Gasteiger partial charge < -0.3 is 9.64 Å². The van der Waals surface area contributed by atoms with Crippen molar-refractivity contribution in [2.75, 3.05) is 7.11 Å². The largest absolute Gasteiger partial charge is 0.497 e. The standard InChI is InChI=1S/C19H18F3NO2/c1-25-17-4-2-3-14(11-17)18(24)23(16-9-10-16)12-13-5-7-15(8-6-13)19(20,21)22/h2-8,11,16H,9-10,12H2,1H3. The third kappa shape index (κ3) is 4.13. The fourth-order valence-corrected chi connectivity index (χ4v) is 2.67. The van der Waals surface area contributed by atoms with Crippen molar-refractivity contribution in [2.45, 2.75) is 31.6 Å². The lowest BCUT2D eigenvalue weighted by Gasteiger charge is -2.23. The second kappa shape index (κ2) is 6.78. The minimum atomic E-state index is -4.36. The quantitative estimate of drug-likeness (QED) is 0.794. The van der Waals surface area contributed by atoms with E-state index >= 15 is 0 Å². The minimum Gasteiger partial charge on any atom is -0.497 e. The number of nitrogens with zero attached hydrogens (tertiary/aromatic N) is 1. The lowest BCUT2D eigenvalue weighted by molar-refractivity contribution is -0.137. The zero-order valence-electron chi connectivity index (χ0n) is 13.7. The molecule has 3 rings (SSSR count). The van der Waals surface area contributed by atoms with Crippen molar-refractivity contribution >= 4 is 5.91 Å². The monoisotopic (exact) mass is 349 g/mol. The third-order valence-corrected chi connectivity index (χ3v) is 4.20. The van der Waals surface area contributed by atoms with Crippen LogP contribution in [0.2, 0.25) is 0 Å². The maximum absolute atomic E-state index is 12.8. The number of halogens is 3. The summed E-state index contributed by atoms with van der Waals surface area (Å²) in [5.41, 5.74) is 0.502. The van der Waals surface area contributed by atoms with E-state index in [0.29, 0.717) is 23.4 Å². The molecule has 6 heteroatoms. The molecule has 0 aromatic heterocycles. The maximum atomic E-state index is 12.8. The van der Waals surface area contributed by atoms with E-state index in [-0.39, 0.29) is 11.9 Å². The van der Waals surface area contributed by atoms with Gasteiger partial charge in [-0.1, -0.05) is 18.2 Å². The lowest BCUT2D eigenvalue weighted by atomic mass is 10.1. The van der Waals surface area contributed by atoms with Gasteiger partial charge in [0.2, 0.25) is 0 Å². The fourth-order valence-electron chi connectivity index (χ4n) is 2.67. The molecule has 0 spiro atoms. The highest BCUT2D eigenvalue weighted by Crippen LogP contribution is 2.32. The SMILES string of the molecule is COc1cccc(C(=O)N(Cc2ccc(C(F)(F)F)cc2)C2CC2)c1. The molecule has 132 valence electrons. The highest BCUT2D eigenvalue weighted by molar-refractivity contribution is 5.95. The number of ether oxygens (including phenoxy) is 1.